The molecule has 7 nitrogen and oxygen atoms in total. The summed E-state index contributed by atoms with van der Waals surface area (Å²) in [6, 6.07) is 12.2. The highest BCUT2D eigenvalue weighted by Gasteiger charge is 2.29. The number of rotatable bonds is 10. The summed E-state index contributed by atoms with van der Waals surface area (Å²) in [7, 11) is -2.41. The highest BCUT2D eigenvalue weighted by molar-refractivity contribution is 7.89. The van der Waals surface area contributed by atoms with Gasteiger partial charge >= 0.3 is 0 Å². The molecule has 0 spiro atoms. The van der Waals surface area contributed by atoms with Crippen LogP contribution >= 0.6 is 0 Å². The van der Waals surface area contributed by atoms with Crippen LogP contribution in [0.2, 0.25) is 0 Å². The van der Waals surface area contributed by atoms with Gasteiger partial charge in [0.05, 0.1) is 13.7 Å². The Balaban J connectivity index is 1.70. The van der Waals surface area contributed by atoms with Gasteiger partial charge in [-0.1, -0.05) is 44.0 Å². The van der Waals surface area contributed by atoms with Crippen LogP contribution in [0.15, 0.2) is 47.4 Å². The predicted octanol–water partition coefficient (Wildman–Crippen LogP) is 4.02. The van der Waals surface area contributed by atoms with Crippen LogP contribution in [0.5, 0.6) is 5.75 Å². The first kappa shape index (κ1) is 25.2. The fourth-order valence-electron chi connectivity index (χ4n) is 4.04. The molecule has 3 rings (SSSR count). The molecule has 8 heteroatoms. The van der Waals surface area contributed by atoms with Gasteiger partial charge in [0.2, 0.25) is 10.0 Å². The molecule has 2 N–H and O–H groups in total. The van der Waals surface area contributed by atoms with Gasteiger partial charge in [0, 0.05) is 24.8 Å². The molecule has 2 aromatic carbocycles. The summed E-state index contributed by atoms with van der Waals surface area (Å²) in [5.41, 5.74) is 2.27. The maximum Gasteiger partial charge on any atom is 0.251 e. The van der Waals surface area contributed by atoms with E-state index in [0.29, 0.717) is 19.8 Å². The van der Waals surface area contributed by atoms with Gasteiger partial charge in [-0.15, -0.1) is 0 Å². The van der Waals surface area contributed by atoms with Crippen molar-refractivity contribution in [2.75, 3.05) is 13.7 Å². The number of hydrogen-bond acceptors (Lipinski definition) is 5. The minimum atomic E-state index is -3.84. The zero-order chi connectivity index (χ0) is 23.8. The molecule has 1 aliphatic rings. The smallest absolute Gasteiger partial charge is 0.251 e. The maximum atomic E-state index is 13.2. The number of carbonyl (C=O) groups is 1. The molecule has 180 valence electrons. The molecule has 2 atom stereocenters. The van der Waals surface area contributed by atoms with Crippen LogP contribution in [0.3, 0.4) is 0 Å². The third-order valence-corrected chi connectivity index (χ3v) is 7.59. The SMILES string of the molecule is CCOCc1ccc(CNC(=O)c2ccc(OC)c(S(=O)(=O)NC3CCCCC3C)c2)cc1. The summed E-state index contributed by atoms with van der Waals surface area (Å²) in [5.74, 6) is 0.136. The van der Waals surface area contributed by atoms with Crippen LogP contribution in [-0.4, -0.2) is 34.1 Å². The molecule has 2 aromatic rings. The first-order valence-electron chi connectivity index (χ1n) is 11.5. The van der Waals surface area contributed by atoms with Gasteiger partial charge in [0.1, 0.15) is 10.6 Å². The van der Waals surface area contributed by atoms with Gasteiger partial charge in [-0.3, -0.25) is 4.79 Å². The normalized spacial score (nSPS) is 18.6. The lowest BCUT2D eigenvalue weighted by molar-refractivity contribution is 0.0950. The average molecular weight is 475 g/mol. The Bertz CT molecular complexity index is 1040. The molecule has 1 saturated carbocycles. The fourth-order valence-corrected chi connectivity index (χ4v) is 5.61. The van der Waals surface area contributed by atoms with Crippen molar-refractivity contribution in [3.8, 4) is 5.75 Å². The molecule has 1 amide bonds. The summed E-state index contributed by atoms with van der Waals surface area (Å²) in [4.78, 5) is 12.7. The van der Waals surface area contributed by atoms with Gasteiger partial charge in [-0.2, -0.15) is 0 Å². The van der Waals surface area contributed by atoms with E-state index in [9.17, 15) is 13.2 Å². The number of benzene rings is 2. The summed E-state index contributed by atoms with van der Waals surface area (Å²) in [6.07, 6.45) is 3.93. The average Bonchev–Trinajstić information content (AvgIpc) is 2.82. The minimum absolute atomic E-state index is 0.0179. The van der Waals surface area contributed by atoms with E-state index in [2.05, 4.69) is 17.0 Å². The van der Waals surface area contributed by atoms with Gasteiger partial charge in [0.15, 0.2) is 0 Å². The van der Waals surface area contributed by atoms with Gasteiger partial charge in [-0.25, -0.2) is 13.1 Å². The van der Waals surface area contributed by atoms with Crippen molar-refractivity contribution in [2.24, 2.45) is 5.92 Å². The largest absolute Gasteiger partial charge is 0.495 e. The van der Waals surface area contributed by atoms with E-state index in [4.69, 9.17) is 9.47 Å². The lowest BCUT2D eigenvalue weighted by atomic mass is 9.87. The Hall–Kier alpha value is -2.42. The highest BCUT2D eigenvalue weighted by Crippen LogP contribution is 2.29. The Morgan fingerprint density at radius 2 is 1.76 bits per heavy atom. The fraction of sp³-hybridized carbons (Fsp3) is 0.480. The third-order valence-electron chi connectivity index (χ3n) is 6.08. The van der Waals surface area contributed by atoms with E-state index < -0.39 is 10.0 Å². The Morgan fingerprint density at radius 1 is 1.06 bits per heavy atom. The number of ether oxygens (including phenoxy) is 2. The number of amides is 1. The van der Waals surface area contributed by atoms with Crippen LogP contribution in [0, 0.1) is 5.92 Å². The first-order valence-corrected chi connectivity index (χ1v) is 13.0. The Labute approximate surface area is 196 Å². The molecule has 33 heavy (non-hydrogen) atoms. The van der Waals surface area contributed by atoms with Crippen molar-refractivity contribution >= 4 is 15.9 Å². The van der Waals surface area contributed by atoms with Crippen molar-refractivity contribution in [3.05, 3.63) is 59.2 Å². The minimum Gasteiger partial charge on any atom is -0.495 e. The monoisotopic (exact) mass is 474 g/mol. The zero-order valence-corrected chi connectivity index (χ0v) is 20.4. The van der Waals surface area contributed by atoms with E-state index >= 15 is 0 Å². The van der Waals surface area contributed by atoms with Crippen LogP contribution in [0.25, 0.3) is 0 Å². The van der Waals surface area contributed by atoms with E-state index in [1.807, 2.05) is 31.2 Å². The number of hydrogen-bond donors (Lipinski definition) is 2. The molecule has 0 bridgehead atoms. The van der Waals surface area contributed by atoms with Crippen molar-refractivity contribution in [3.63, 3.8) is 0 Å². The predicted molar refractivity (Wildman–Crippen MR) is 128 cm³/mol. The van der Waals surface area contributed by atoms with Crippen LogP contribution in [0.4, 0.5) is 0 Å². The molecule has 0 saturated heterocycles. The topological polar surface area (TPSA) is 93.7 Å². The second kappa shape index (κ2) is 11.6. The molecular formula is C25H34N2O5S. The van der Waals surface area contributed by atoms with Crippen molar-refractivity contribution in [2.45, 2.75) is 63.6 Å². The summed E-state index contributed by atoms with van der Waals surface area (Å²) >= 11 is 0. The van der Waals surface area contributed by atoms with E-state index in [-0.39, 0.29) is 34.1 Å². The molecule has 1 aliphatic carbocycles. The summed E-state index contributed by atoms with van der Waals surface area (Å²) < 4.78 is 39.8. The lowest BCUT2D eigenvalue weighted by Gasteiger charge is -2.29. The van der Waals surface area contributed by atoms with Gasteiger partial charge < -0.3 is 14.8 Å². The summed E-state index contributed by atoms with van der Waals surface area (Å²) in [5, 5.41) is 2.86. The number of sulfonamides is 1. The first-order chi connectivity index (χ1) is 15.8. The quantitative estimate of drug-likeness (QED) is 0.543. The molecule has 1 fully saturated rings. The van der Waals surface area contributed by atoms with Crippen molar-refractivity contribution in [1.29, 1.82) is 0 Å². The van der Waals surface area contributed by atoms with Gasteiger partial charge in [0.25, 0.3) is 5.91 Å². The third kappa shape index (κ3) is 6.79. The number of nitrogens with one attached hydrogen (secondary N) is 2. The van der Waals surface area contributed by atoms with E-state index in [1.165, 1.54) is 19.2 Å². The maximum absolute atomic E-state index is 13.2. The highest BCUT2D eigenvalue weighted by atomic mass is 32.2. The zero-order valence-electron chi connectivity index (χ0n) is 19.6. The van der Waals surface area contributed by atoms with Crippen molar-refractivity contribution < 1.29 is 22.7 Å². The molecule has 0 radical (unpaired) electrons. The molecule has 0 heterocycles. The summed E-state index contributed by atoms with van der Waals surface area (Å²) in [6.45, 7) is 5.56. The molecule has 0 aliphatic heterocycles. The molecule has 0 aromatic heterocycles. The van der Waals surface area contributed by atoms with Crippen LogP contribution < -0.4 is 14.8 Å². The van der Waals surface area contributed by atoms with Crippen molar-refractivity contribution in [1.82, 2.24) is 10.0 Å². The standard InChI is InChI=1S/C25H34N2O5S/c1-4-32-17-20-11-9-19(10-12-20)16-26-25(28)21-13-14-23(31-3)24(15-21)33(29,30)27-22-8-6-5-7-18(22)2/h9-15,18,22,27H,4-8,16-17H2,1-3H3,(H,26,28). The van der Waals surface area contributed by atoms with E-state index in [0.717, 1.165) is 36.8 Å². The molecular weight excluding hydrogens is 440 g/mol. The Morgan fingerprint density at radius 3 is 2.42 bits per heavy atom. The second-order valence-electron chi connectivity index (χ2n) is 8.49. The lowest BCUT2D eigenvalue weighted by Crippen LogP contribution is -2.41. The number of carbonyl (C=O) groups excluding carboxylic acids is 1. The second-order valence-corrected chi connectivity index (χ2v) is 10.2. The van der Waals surface area contributed by atoms with Gasteiger partial charge in [-0.05, 0) is 55.0 Å². The van der Waals surface area contributed by atoms with Crippen LogP contribution in [-0.2, 0) is 27.9 Å². The van der Waals surface area contributed by atoms with E-state index in [1.54, 1.807) is 6.07 Å². The Kier molecular flexibility index (Phi) is 8.88. The number of methoxy groups -OCH3 is 1. The molecule has 2 unspecified atom stereocenters. The van der Waals surface area contributed by atoms with Crippen LogP contribution in [0.1, 0.15) is 61.0 Å².